The molecule has 1 saturated heterocycles. The van der Waals surface area contributed by atoms with Crippen LogP contribution in [0.5, 0.6) is 0 Å². The Kier molecular flexibility index (Phi) is 7.70. The summed E-state index contributed by atoms with van der Waals surface area (Å²) < 4.78 is 26.4. The number of hydrogen-bond acceptors (Lipinski definition) is 9. The second kappa shape index (κ2) is 9.92. The predicted molar refractivity (Wildman–Crippen MR) is 119 cm³/mol. The van der Waals surface area contributed by atoms with Gasteiger partial charge in [0, 0.05) is 19.1 Å². The third kappa shape index (κ3) is 4.78. The number of aliphatic hydroxyl groups is 2. The van der Waals surface area contributed by atoms with E-state index in [1.165, 1.54) is 12.7 Å². The number of anilines is 1. The fourth-order valence-electron chi connectivity index (χ4n) is 3.98. The zero-order chi connectivity index (χ0) is 22.8. The van der Waals surface area contributed by atoms with E-state index in [0.717, 1.165) is 12.8 Å². The Bertz CT molecular complexity index is 907. The number of hydrogen-bond donors (Lipinski definition) is 3. The number of imidazole rings is 1. The van der Waals surface area contributed by atoms with E-state index in [1.54, 1.807) is 11.6 Å². The van der Waals surface area contributed by atoms with Crippen LogP contribution in [-0.2, 0) is 13.8 Å². The van der Waals surface area contributed by atoms with Crippen molar-refractivity contribution in [2.45, 2.75) is 89.2 Å². The highest BCUT2D eigenvalue weighted by Gasteiger charge is 2.47. The Morgan fingerprint density at radius 1 is 1.26 bits per heavy atom. The van der Waals surface area contributed by atoms with Gasteiger partial charge in [-0.2, -0.15) is 0 Å². The lowest BCUT2D eigenvalue weighted by Gasteiger charge is -2.33. The van der Waals surface area contributed by atoms with Crippen molar-refractivity contribution in [3.63, 3.8) is 0 Å². The molecule has 3 rings (SSSR count). The number of nitrogens with one attached hydrogen (secondary N) is 1. The average molecular weight is 455 g/mol. The maximum Gasteiger partial charge on any atom is 0.195 e. The van der Waals surface area contributed by atoms with Crippen LogP contribution in [0.3, 0.4) is 0 Å². The molecule has 174 valence electrons. The summed E-state index contributed by atoms with van der Waals surface area (Å²) >= 11 is 0. The van der Waals surface area contributed by atoms with Gasteiger partial charge in [-0.25, -0.2) is 15.0 Å². The molecular formula is C20H34N5O5P. The van der Waals surface area contributed by atoms with Crippen LogP contribution in [0.15, 0.2) is 12.7 Å². The van der Waals surface area contributed by atoms with Crippen molar-refractivity contribution in [3.8, 4) is 0 Å². The van der Waals surface area contributed by atoms with Crippen LogP contribution in [0.1, 0.15) is 59.6 Å². The summed E-state index contributed by atoms with van der Waals surface area (Å²) in [6.07, 6.45) is 1.56. The number of ether oxygens (including phenoxy) is 1. The summed E-state index contributed by atoms with van der Waals surface area (Å²) in [6.45, 7) is 7.85. The van der Waals surface area contributed by atoms with E-state index in [0.29, 0.717) is 29.8 Å². The molecule has 1 aliphatic heterocycles. The summed E-state index contributed by atoms with van der Waals surface area (Å²) in [4.78, 5) is 12.7. The molecule has 10 nitrogen and oxygen atoms in total. The SMILES string of the molecule is CCC(CC)[PH](=O)OC(C)(CC)C[C@H]1OC(n2cnc3c(NC)ncnc32)[C@H](O)[C@@H]1O. The van der Waals surface area contributed by atoms with Crippen LogP contribution in [0.4, 0.5) is 5.82 Å². The van der Waals surface area contributed by atoms with Gasteiger partial charge in [0.05, 0.1) is 18.0 Å². The minimum absolute atomic E-state index is 0.0296. The summed E-state index contributed by atoms with van der Waals surface area (Å²) in [5.74, 6) is 0.562. The lowest BCUT2D eigenvalue weighted by molar-refractivity contribution is -0.0622. The molecule has 0 bridgehead atoms. The van der Waals surface area contributed by atoms with Crippen LogP contribution < -0.4 is 5.32 Å². The molecular weight excluding hydrogens is 421 g/mol. The molecule has 0 spiro atoms. The summed E-state index contributed by atoms with van der Waals surface area (Å²) in [6, 6.07) is 0. The van der Waals surface area contributed by atoms with Crippen molar-refractivity contribution in [3.05, 3.63) is 12.7 Å². The molecule has 1 fully saturated rings. The molecule has 1 aliphatic rings. The van der Waals surface area contributed by atoms with Crippen LogP contribution >= 0.6 is 8.03 Å². The molecule has 2 aromatic heterocycles. The van der Waals surface area contributed by atoms with Gasteiger partial charge in [-0.05, 0) is 26.2 Å². The normalized spacial score (nSPS) is 27.0. The van der Waals surface area contributed by atoms with Crippen molar-refractivity contribution in [1.82, 2.24) is 19.5 Å². The zero-order valence-corrected chi connectivity index (χ0v) is 19.8. The van der Waals surface area contributed by atoms with E-state index in [1.807, 2.05) is 27.7 Å². The molecule has 0 saturated carbocycles. The largest absolute Gasteiger partial charge is 0.388 e. The lowest BCUT2D eigenvalue weighted by Crippen LogP contribution is -2.38. The standard InChI is InChI=1S/C20H34N5O5P/c1-6-12(7-2)31(28)30-20(4,8-3)9-13-15(26)16(27)19(29-13)25-11-24-14-17(21-5)22-10-23-18(14)25/h10-13,15-16,19,26-27,31H,6-9H2,1-5H3,(H,21,22,23)/t13-,15-,16-,19?,20?/m1/s1. The van der Waals surface area contributed by atoms with Crippen molar-refractivity contribution < 1.29 is 24.0 Å². The van der Waals surface area contributed by atoms with Crippen LogP contribution in [0, 0.1) is 0 Å². The van der Waals surface area contributed by atoms with Crippen molar-refractivity contribution in [1.29, 1.82) is 0 Å². The molecule has 3 N–H and O–H groups in total. The number of nitrogens with zero attached hydrogens (tertiary/aromatic N) is 4. The fraction of sp³-hybridized carbons (Fsp3) is 0.750. The van der Waals surface area contributed by atoms with Crippen LogP contribution in [-0.4, -0.2) is 66.4 Å². The van der Waals surface area contributed by atoms with Gasteiger partial charge >= 0.3 is 0 Å². The molecule has 31 heavy (non-hydrogen) atoms. The molecule has 2 aromatic rings. The van der Waals surface area contributed by atoms with Gasteiger partial charge in [-0.3, -0.25) is 9.13 Å². The van der Waals surface area contributed by atoms with Crippen molar-refractivity contribution in [2.75, 3.05) is 12.4 Å². The van der Waals surface area contributed by atoms with Crippen LogP contribution in [0.2, 0.25) is 0 Å². The van der Waals surface area contributed by atoms with E-state index < -0.39 is 38.2 Å². The average Bonchev–Trinajstić information content (AvgIpc) is 3.30. The van der Waals surface area contributed by atoms with E-state index in [-0.39, 0.29) is 5.66 Å². The van der Waals surface area contributed by atoms with Crippen molar-refractivity contribution >= 4 is 25.0 Å². The Labute approximate surface area is 183 Å². The van der Waals surface area contributed by atoms with Gasteiger partial charge in [0.25, 0.3) is 0 Å². The van der Waals surface area contributed by atoms with Gasteiger partial charge in [-0.15, -0.1) is 0 Å². The molecule has 0 amide bonds. The highest BCUT2D eigenvalue weighted by molar-refractivity contribution is 7.40. The van der Waals surface area contributed by atoms with E-state index in [4.69, 9.17) is 9.26 Å². The minimum atomic E-state index is -2.25. The van der Waals surface area contributed by atoms with E-state index in [9.17, 15) is 14.8 Å². The monoisotopic (exact) mass is 455 g/mol. The summed E-state index contributed by atoms with van der Waals surface area (Å²) in [7, 11) is -0.514. The Balaban J connectivity index is 1.79. The Morgan fingerprint density at radius 2 is 1.97 bits per heavy atom. The smallest absolute Gasteiger partial charge is 0.195 e. The minimum Gasteiger partial charge on any atom is -0.388 e. The fourth-order valence-corrected chi connectivity index (χ4v) is 5.53. The van der Waals surface area contributed by atoms with E-state index >= 15 is 0 Å². The quantitative estimate of drug-likeness (QED) is 0.463. The third-order valence-electron chi connectivity index (χ3n) is 6.25. The first-order valence-electron chi connectivity index (χ1n) is 10.9. The first kappa shape index (κ1) is 24.1. The molecule has 0 aromatic carbocycles. The predicted octanol–water partition coefficient (Wildman–Crippen LogP) is 2.73. The van der Waals surface area contributed by atoms with E-state index in [2.05, 4.69) is 20.3 Å². The van der Waals surface area contributed by atoms with Gasteiger partial charge in [0.15, 0.2) is 25.7 Å². The molecule has 0 aliphatic carbocycles. The number of aromatic nitrogens is 4. The van der Waals surface area contributed by atoms with Gasteiger partial charge < -0.3 is 24.8 Å². The molecule has 11 heteroatoms. The zero-order valence-electron chi connectivity index (χ0n) is 18.8. The highest BCUT2D eigenvalue weighted by atomic mass is 31.1. The maximum absolute atomic E-state index is 12.7. The number of rotatable bonds is 10. The topological polar surface area (TPSA) is 132 Å². The lowest BCUT2D eigenvalue weighted by atomic mass is 9.93. The highest BCUT2D eigenvalue weighted by Crippen LogP contribution is 2.43. The third-order valence-corrected chi connectivity index (χ3v) is 8.43. The summed E-state index contributed by atoms with van der Waals surface area (Å²) in [5, 5.41) is 24.4. The molecule has 6 atom stereocenters. The van der Waals surface area contributed by atoms with Gasteiger partial charge in [0.2, 0.25) is 0 Å². The summed E-state index contributed by atoms with van der Waals surface area (Å²) in [5.41, 5.74) is 0.327. The Morgan fingerprint density at radius 3 is 2.58 bits per heavy atom. The first-order valence-corrected chi connectivity index (χ1v) is 12.3. The first-order chi connectivity index (χ1) is 14.8. The maximum atomic E-state index is 12.7. The number of fused-ring (bicyclic) bond motifs is 1. The van der Waals surface area contributed by atoms with Gasteiger partial charge in [-0.1, -0.05) is 20.8 Å². The van der Waals surface area contributed by atoms with Crippen LogP contribution in [0.25, 0.3) is 11.2 Å². The second-order valence-corrected chi connectivity index (χ2v) is 9.94. The molecule has 0 radical (unpaired) electrons. The van der Waals surface area contributed by atoms with Crippen molar-refractivity contribution in [2.24, 2.45) is 0 Å². The number of aliphatic hydroxyl groups excluding tert-OH is 2. The molecule has 3 unspecified atom stereocenters. The van der Waals surface area contributed by atoms with Gasteiger partial charge in [0.1, 0.15) is 24.1 Å². The molecule has 3 heterocycles. The Hall–Kier alpha value is -1.58. The second-order valence-electron chi connectivity index (χ2n) is 8.28.